The van der Waals surface area contributed by atoms with E-state index < -0.39 is 0 Å². The number of aromatic nitrogens is 3. The first-order valence-electron chi connectivity index (χ1n) is 3.48. The molecule has 1 rings (SSSR count). The van der Waals surface area contributed by atoms with Crippen LogP contribution in [-0.2, 0) is 0 Å². The van der Waals surface area contributed by atoms with Crippen molar-refractivity contribution in [2.24, 2.45) is 0 Å². The molecular weight excluding hydrogens is 160 g/mol. The lowest BCUT2D eigenvalue weighted by Gasteiger charge is -2.06. The smallest absolute Gasteiger partial charge is 0.183 e. The molecule has 0 aromatic carbocycles. The average molecular weight is 172 g/mol. The molecule has 11 heavy (non-hydrogen) atoms. The maximum atomic E-state index is 3.99. The lowest BCUT2D eigenvalue weighted by Crippen LogP contribution is -2.23. The number of nitrogens with one attached hydrogen (secondary N) is 2. The van der Waals surface area contributed by atoms with Gasteiger partial charge in [-0.15, -0.1) is 0 Å². The molecule has 1 heterocycles. The second-order valence-electron chi connectivity index (χ2n) is 2.29. The van der Waals surface area contributed by atoms with E-state index in [1.165, 1.54) is 6.33 Å². The fourth-order valence-corrected chi connectivity index (χ4v) is 1.36. The molecule has 0 aliphatic carbocycles. The molecule has 0 fully saturated rings. The highest BCUT2D eigenvalue weighted by molar-refractivity contribution is 7.99. The number of nitrogens with zero attached hydrogens (tertiary/aromatic N) is 2. The molecule has 62 valence electrons. The zero-order valence-electron chi connectivity index (χ0n) is 6.66. The summed E-state index contributed by atoms with van der Waals surface area (Å²) in [6.07, 6.45) is 1.52. The summed E-state index contributed by atoms with van der Waals surface area (Å²) in [6.45, 7) is 2.13. The maximum Gasteiger partial charge on any atom is 0.183 e. The molecule has 5 heteroatoms. The van der Waals surface area contributed by atoms with Crippen LogP contribution in [0.2, 0.25) is 0 Å². The predicted molar refractivity (Wildman–Crippen MR) is 45.6 cm³/mol. The lowest BCUT2D eigenvalue weighted by molar-refractivity contribution is 0.676. The normalized spacial score (nSPS) is 13.3. The predicted octanol–water partition coefficient (Wildman–Crippen LogP) is 0.505. The quantitative estimate of drug-likeness (QED) is 0.650. The van der Waals surface area contributed by atoms with Gasteiger partial charge >= 0.3 is 0 Å². The highest BCUT2D eigenvalue weighted by Crippen LogP contribution is 2.11. The van der Waals surface area contributed by atoms with E-state index in [0.717, 1.165) is 10.9 Å². The summed E-state index contributed by atoms with van der Waals surface area (Å²) >= 11 is 1.67. The molecule has 0 bridgehead atoms. The summed E-state index contributed by atoms with van der Waals surface area (Å²) in [7, 11) is 1.95. The maximum absolute atomic E-state index is 3.99. The molecule has 0 aliphatic rings. The third-order valence-corrected chi connectivity index (χ3v) is 2.49. The minimum Gasteiger partial charge on any atom is -0.316 e. The number of H-pyrrole nitrogens is 1. The van der Waals surface area contributed by atoms with Gasteiger partial charge in [0.1, 0.15) is 6.33 Å². The van der Waals surface area contributed by atoms with Crippen molar-refractivity contribution in [1.29, 1.82) is 0 Å². The van der Waals surface area contributed by atoms with Crippen LogP contribution in [0, 0.1) is 0 Å². The Kier molecular flexibility index (Phi) is 3.38. The van der Waals surface area contributed by atoms with Crippen LogP contribution in [0.25, 0.3) is 0 Å². The second-order valence-corrected chi connectivity index (χ2v) is 3.30. The monoisotopic (exact) mass is 172 g/mol. The number of hydrogen-bond acceptors (Lipinski definition) is 4. The van der Waals surface area contributed by atoms with Crippen LogP contribution >= 0.6 is 11.8 Å². The molecule has 0 saturated carbocycles. The Labute approximate surface area is 70.2 Å². The van der Waals surface area contributed by atoms with Crippen molar-refractivity contribution in [2.75, 3.05) is 12.8 Å². The van der Waals surface area contributed by atoms with Crippen molar-refractivity contribution in [3.63, 3.8) is 0 Å². The Hall–Kier alpha value is -0.550. The zero-order chi connectivity index (χ0) is 8.10. The zero-order valence-corrected chi connectivity index (χ0v) is 7.48. The van der Waals surface area contributed by atoms with Gasteiger partial charge < -0.3 is 5.32 Å². The van der Waals surface area contributed by atoms with Crippen LogP contribution in [-0.4, -0.2) is 34.0 Å². The van der Waals surface area contributed by atoms with E-state index >= 15 is 0 Å². The molecule has 1 atom stereocenters. The van der Waals surface area contributed by atoms with E-state index in [1.807, 2.05) is 7.05 Å². The molecule has 1 aromatic heterocycles. The van der Waals surface area contributed by atoms with E-state index in [2.05, 4.69) is 27.4 Å². The molecule has 0 radical (unpaired) electrons. The third kappa shape index (κ3) is 2.90. The Morgan fingerprint density at radius 1 is 1.82 bits per heavy atom. The van der Waals surface area contributed by atoms with Crippen LogP contribution in [0.15, 0.2) is 11.5 Å². The van der Waals surface area contributed by atoms with E-state index in [1.54, 1.807) is 11.8 Å². The van der Waals surface area contributed by atoms with E-state index in [9.17, 15) is 0 Å². The summed E-state index contributed by atoms with van der Waals surface area (Å²) in [5, 5.41) is 10.6. The summed E-state index contributed by atoms with van der Waals surface area (Å²) in [5.41, 5.74) is 0. The van der Waals surface area contributed by atoms with Crippen LogP contribution < -0.4 is 5.32 Å². The molecule has 0 aliphatic heterocycles. The molecular formula is C6H12N4S. The number of hydrogen-bond donors (Lipinski definition) is 2. The third-order valence-electron chi connectivity index (χ3n) is 1.36. The summed E-state index contributed by atoms with van der Waals surface area (Å²) < 4.78 is 0. The number of thioether (sulfide) groups is 1. The van der Waals surface area contributed by atoms with Gasteiger partial charge in [0, 0.05) is 11.8 Å². The van der Waals surface area contributed by atoms with Gasteiger partial charge in [0.05, 0.1) is 0 Å². The van der Waals surface area contributed by atoms with Gasteiger partial charge in [-0.05, 0) is 14.0 Å². The van der Waals surface area contributed by atoms with Gasteiger partial charge in [-0.2, -0.15) is 5.10 Å². The first-order chi connectivity index (χ1) is 5.33. The highest BCUT2D eigenvalue weighted by atomic mass is 32.2. The standard InChI is InChI=1S/C6H12N4S/c1-5(7-2)3-11-6-8-4-9-10-6/h4-5,7H,3H2,1-2H3,(H,8,9,10). The van der Waals surface area contributed by atoms with Crippen molar-refractivity contribution in [3.8, 4) is 0 Å². The fraction of sp³-hybridized carbons (Fsp3) is 0.667. The summed E-state index contributed by atoms with van der Waals surface area (Å²) in [5.74, 6) is 1.01. The van der Waals surface area contributed by atoms with E-state index in [4.69, 9.17) is 0 Å². The first-order valence-corrected chi connectivity index (χ1v) is 4.47. The average Bonchev–Trinajstić information content (AvgIpc) is 2.52. The van der Waals surface area contributed by atoms with Gasteiger partial charge in [-0.1, -0.05) is 11.8 Å². The van der Waals surface area contributed by atoms with E-state index in [-0.39, 0.29) is 0 Å². The van der Waals surface area contributed by atoms with Crippen LogP contribution in [0.5, 0.6) is 0 Å². The minimum atomic E-state index is 0.505. The molecule has 2 N–H and O–H groups in total. The summed E-state index contributed by atoms with van der Waals surface area (Å²) in [6, 6.07) is 0.505. The van der Waals surface area contributed by atoms with Gasteiger partial charge in [0.2, 0.25) is 0 Å². The molecule has 1 unspecified atom stereocenters. The molecule has 1 aromatic rings. The molecule has 0 spiro atoms. The first kappa shape index (κ1) is 8.55. The van der Waals surface area contributed by atoms with Crippen molar-refractivity contribution in [2.45, 2.75) is 18.1 Å². The van der Waals surface area contributed by atoms with Crippen LogP contribution in [0.1, 0.15) is 6.92 Å². The minimum absolute atomic E-state index is 0.505. The Balaban J connectivity index is 2.23. The largest absolute Gasteiger partial charge is 0.316 e. The van der Waals surface area contributed by atoms with Gasteiger partial charge in [-0.3, -0.25) is 5.10 Å². The fourth-order valence-electron chi connectivity index (χ4n) is 0.551. The second kappa shape index (κ2) is 4.35. The van der Waals surface area contributed by atoms with Crippen molar-refractivity contribution in [1.82, 2.24) is 20.5 Å². The Bertz CT molecular complexity index is 186. The molecule has 4 nitrogen and oxygen atoms in total. The lowest BCUT2D eigenvalue weighted by atomic mass is 10.4. The van der Waals surface area contributed by atoms with Crippen molar-refractivity contribution in [3.05, 3.63) is 6.33 Å². The van der Waals surface area contributed by atoms with Crippen molar-refractivity contribution >= 4 is 11.8 Å². The van der Waals surface area contributed by atoms with Crippen molar-refractivity contribution < 1.29 is 0 Å². The summed E-state index contributed by atoms with van der Waals surface area (Å²) in [4.78, 5) is 3.99. The van der Waals surface area contributed by atoms with E-state index in [0.29, 0.717) is 6.04 Å². The number of aromatic amines is 1. The SMILES string of the molecule is CNC(C)CSc1ncn[nH]1. The Morgan fingerprint density at radius 3 is 3.18 bits per heavy atom. The van der Waals surface area contributed by atoms with Gasteiger partial charge in [-0.25, -0.2) is 4.98 Å². The van der Waals surface area contributed by atoms with Crippen LogP contribution in [0.3, 0.4) is 0 Å². The number of rotatable bonds is 4. The molecule has 0 saturated heterocycles. The van der Waals surface area contributed by atoms with Gasteiger partial charge in [0.25, 0.3) is 0 Å². The highest BCUT2D eigenvalue weighted by Gasteiger charge is 2.00. The van der Waals surface area contributed by atoms with Crippen LogP contribution in [0.4, 0.5) is 0 Å². The van der Waals surface area contributed by atoms with Gasteiger partial charge in [0.15, 0.2) is 5.16 Å². The molecule has 0 amide bonds. The topological polar surface area (TPSA) is 53.6 Å². The Morgan fingerprint density at radius 2 is 2.64 bits per heavy atom.